The first-order valence-electron chi connectivity index (χ1n) is 8.09. The SMILES string of the molecule is CN(Cc1ccccc1N1CCCC1)C(=O)c1cc(Br)ccc1Cl. The minimum atomic E-state index is -0.0717. The summed E-state index contributed by atoms with van der Waals surface area (Å²) >= 11 is 9.60. The highest BCUT2D eigenvalue weighted by molar-refractivity contribution is 9.10. The number of halogens is 2. The number of nitrogens with zero attached hydrogens (tertiary/aromatic N) is 2. The Morgan fingerprint density at radius 3 is 2.67 bits per heavy atom. The maximum Gasteiger partial charge on any atom is 0.255 e. The molecule has 1 aliphatic rings. The zero-order valence-corrected chi connectivity index (χ0v) is 16.0. The largest absolute Gasteiger partial charge is 0.371 e. The molecule has 1 fully saturated rings. The fourth-order valence-electron chi connectivity index (χ4n) is 3.11. The molecule has 3 nitrogen and oxygen atoms in total. The third kappa shape index (κ3) is 3.76. The fourth-order valence-corrected chi connectivity index (χ4v) is 3.66. The van der Waals surface area contributed by atoms with E-state index in [-0.39, 0.29) is 5.91 Å². The average molecular weight is 408 g/mol. The third-order valence-corrected chi connectivity index (χ3v) is 5.17. The summed E-state index contributed by atoms with van der Waals surface area (Å²) in [4.78, 5) is 16.9. The predicted octanol–water partition coefficient (Wildman–Crippen LogP) is 4.97. The standard InChI is InChI=1S/C19H20BrClN2O/c1-22(19(24)16-12-15(20)8-9-17(16)21)13-14-6-2-3-7-18(14)23-10-4-5-11-23/h2-3,6-9,12H,4-5,10-11,13H2,1H3. The molecule has 5 heteroatoms. The highest BCUT2D eigenvalue weighted by Gasteiger charge is 2.19. The Hall–Kier alpha value is -1.52. The van der Waals surface area contributed by atoms with Crippen LogP contribution in [0.15, 0.2) is 46.9 Å². The number of carbonyl (C=O) groups excluding carboxylic acids is 1. The van der Waals surface area contributed by atoms with Crippen molar-refractivity contribution in [3.63, 3.8) is 0 Å². The van der Waals surface area contributed by atoms with E-state index in [1.807, 2.05) is 19.2 Å². The second kappa shape index (κ2) is 7.58. The van der Waals surface area contributed by atoms with Gasteiger partial charge in [-0.25, -0.2) is 0 Å². The lowest BCUT2D eigenvalue weighted by Crippen LogP contribution is -2.28. The average Bonchev–Trinajstić information content (AvgIpc) is 3.11. The van der Waals surface area contributed by atoms with Crippen LogP contribution in [-0.2, 0) is 6.54 Å². The van der Waals surface area contributed by atoms with E-state index in [9.17, 15) is 4.79 Å². The Kier molecular flexibility index (Phi) is 5.47. The number of hydrogen-bond donors (Lipinski definition) is 0. The van der Waals surface area contributed by atoms with Crippen molar-refractivity contribution < 1.29 is 4.79 Å². The molecule has 0 unspecified atom stereocenters. The van der Waals surface area contributed by atoms with Crippen molar-refractivity contribution in [2.24, 2.45) is 0 Å². The van der Waals surface area contributed by atoms with Gasteiger partial charge in [-0.2, -0.15) is 0 Å². The van der Waals surface area contributed by atoms with Gasteiger partial charge in [0.05, 0.1) is 10.6 Å². The van der Waals surface area contributed by atoms with E-state index in [0.29, 0.717) is 17.1 Å². The molecular formula is C19H20BrClN2O. The highest BCUT2D eigenvalue weighted by atomic mass is 79.9. The van der Waals surface area contributed by atoms with Crippen molar-refractivity contribution in [2.45, 2.75) is 19.4 Å². The van der Waals surface area contributed by atoms with Crippen molar-refractivity contribution in [1.29, 1.82) is 0 Å². The van der Waals surface area contributed by atoms with Crippen LogP contribution < -0.4 is 4.90 Å². The summed E-state index contributed by atoms with van der Waals surface area (Å²) in [7, 11) is 1.82. The summed E-state index contributed by atoms with van der Waals surface area (Å²) in [6.45, 7) is 2.74. The smallest absolute Gasteiger partial charge is 0.255 e. The Bertz CT molecular complexity index is 744. The van der Waals surface area contributed by atoms with Gasteiger partial charge in [-0.15, -0.1) is 0 Å². The summed E-state index contributed by atoms with van der Waals surface area (Å²) in [5, 5.41) is 0.475. The van der Waals surface area contributed by atoms with Crippen molar-refractivity contribution in [3.05, 3.63) is 63.1 Å². The van der Waals surface area contributed by atoms with Crippen molar-refractivity contribution in [2.75, 3.05) is 25.0 Å². The zero-order chi connectivity index (χ0) is 17.1. The number of amides is 1. The molecule has 0 bridgehead atoms. The first kappa shape index (κ1) is 17.3. The number of hydrogen-bond acceptors (Lipinski definition) is 2. The minimum Gasteiger partial charge on any atom is -0.371 e. The highest BCUT2D eigenvalue weighted by Crippen LogP contribution is 2.27. The molecule has 3 rings (SSSR count). The second-order valence-electron chi connectivity index (χ2n) is 6.11. The number of anilines is 1. The number of rotatable bonds is 4. The zero-order valence-electron chi connectivity index (χ0n) is 13.6. The normalized spacial score (nSPS) is 14.0. The fraction of sp³-hybridized carbons (Fsp3) is 0.316. The van der Waals surface area contributed by atoms with Crippen LogP contribution in [0.4, 0.5) is 5.69 Å². The Balaban J connectivity index is 1.81. The van der Waals surface area contributed by atoms with Gasteiger partial charge in [0.15, 0.2) is 0 Å². The molecule has 1 aliphatic heterocycles. The number of benzene rings is 2. The first-order valence-corrected chi connectivity index (χ1v) is 9.27. The van der Waals surface area contributed by atoms with E-state index < -0.39 is 0 Å². The van der Waals surface area contributed by atoms with Gasteiger partial charge in [-0.3, -0.25) is 4.79 Å². The molecule has 0 aromatic heterocycles. The molecule has 126 valence electrons. The van der Waals surface area contributed by atoms with Gasteiger partial charge in [0.1, 0.15) is 0 Å². The van der Waals surface area contributed by atoms with E-state index in [2.05, 4.69) is 39.0 Å². The summed E-state index contributed by atoms with van der Waals surface area (Å²) < 4.78 is 0.848. The van der Waals surface area contributed by atoms with Gasteiger partial charge in [-0.1, -0.05) is 45.7 Å². The van der Waals surface area contributed by atoms with Crippen LogP contribution in [-0.4, -0.2) is 30.9 Å². The van der Waals surface area contributed by atoms with Gasteiger partial charge >= 0.3 is 0 Å². The van der Waals surface area contributed by atoms with Crippen LogP contribution >= 0.6 is 27.5 Å². The van der Waals surface area contributed by atoms with E-state index >= 15 is 0 Å². The monoisotopic (exact) mass is 406 g/mol. The quantitative estimate of drug-likeness (QED) is 0.714. The van der Waals surface area contributed by atoms with E-state index in [4.69, 9.17) is 11.6 Å². The summed E-state index contributed by atoms with van der Waals surface area (Å²) in [5.41, 5.74) is 2.92. The van der Waals surface area contributed by atoms with Gasteiger partial charge in [-0.05, 0) is 42.7 Å². The molecule has 0 aliphatic carbocycles. The molecule has 0 atom stereocenters. The summed E-state index contributed by atoms with van der Waals surface area (Å²) in [5.74, 6) is -0.0717. The summed E-state index contributed by atoms with van der Waals surface area (Å²) in [6, 6.07) is 13.7. The lowest BCUT2D eigenvalue weighted by Gasteiger charge is -2.24. The van der Waals surface area contributed by atoms with Gasteiger partial charge in [0.2, 0.25) is 0 Å². The Labute approximate surface area is 156 Å². The maximum absolute atomic E-state index is 12.8. The van der Waals surface area contributed by atoms with E-state index in [0.717, 1.165) is 17.6 Å². The Morgan fingerprint density at radius 1 is 1.21 bits per heavy atom. The molecule has 1 amide bonds. The van der Waals surface area contributed by atoms with Gasteiger partial charge < -0.3 is 9.80 Å². The number of carbonyl (C=O) groups is 1. The molecule has 0 radical (unpaired) electrons. The second-order valence-corrected chi connectivity index (χ2v) is 7.43. The van der Waals surface area contributed by atoms with Crippen LogP contribution in [0.1, 0.15) is 28.8 Å². The molecule has 0 N–H and O–H groups in total. The molecular weight excluding hydrogens is 388 g/mol. The van der Waals surface area contributed by atoms with Gasteiger partial charge in [0.25, 0.3) is 5.91 Å². The summed E-state index contributed by atoms with van der Waals surface area (Å²) in [6.07, 6.45) is 2.47. The topological polar surface area (TPSA) is 23.6 Å². The molecule has 1 saturated heterocycles. The third-order valence-electron chi connectivity index (χ3n) is 4.35. The van der Waals surface area contributed by atoms with E-state index in [1.165, 1.54) is 24.1 Å². The lowest BCUT2D eigenvalue weighted by molar-refractivity contribution is 0.0785. The predicted molar refractivity (Wildman–Crippen MR) is 103 cm³/mol. The van der Waals surface area contributed by atoms with Crippen molar-refractivity contribution in [3.8, 4) is 0 Å². The number of para-hydroxylation sites is 1. The first-order chi connectivity index (χ1) is 11.6. The Morgan fingerprint density at radius 2 is 1.92 bits per heavy atom. The van der Waals surface area contributed by atoms with Gasteiger partial charge in [0, 0.05) is 36.8 Å². The molecule has 0 saturated carbocycles. The minimum absolute atomic E-state index is 0.0717. The van der Waals surface area contributed by atoms with Crippen LogP contribution in [0.25, 0.3) is 0 Å². The van der Waals surface area contributed by atoms with Crippen LogP contribution in [0.5, 0.6) is 0 Å². The maximum atomic E-state index is 12.8. The van der Waals surface area contributed by atoms with Crippen LogP contribution in [0, 0.1) is 0 Å². The van der Waals surface area contributed by atoms with Crippen molar-refractivity contribution >= 4 is 39.1 Å². The molecule has 24 heavy (non-hydrogen) atoms. The molecule has 0 spiro atoms. The van der Waals surface area contributed by atoms with Crippen molar-refractivity contribution in [1.82, 2.24) is 4.90 Å². The lowest BCUT2D eigenvalue weighted by atomic mass is 10.1. The van der Waals surface area contributed by atoms with Crippen LogP contribution in [0.2, 0.25) is 5.02 Å². The van der Waals surface area contributed by atoms with E-state index in [1.54, 1.807) is 17.0 Å². The molecule has 1 heterocycles. The van der Waals surface area contributed by atoms with Crippen LogP contribution in [0.3, 0.4) is 0 Å². The molecule has 2 aromatic rings. The molecule has 2 aromatic carbocycles.